The molecule has 2 aromatic carbocycles. The maximum Gasteiger partial charge on any atom is 0.438 e. The molecule has 1 amide bonds. The van der Waals surface area contributed by atoms with Crippen molar-refractivity contribution < 1.29 is 27.8 Å². The minimum Gasteiger partial charge on any atom is -0.497 e. The molecular weight excluding hydrogens is 373 g/mol. The highest BCUT2D eigenvalue weighted by atomic mass is 19.4. The maximum absolute atomic E-state index is 13.6. The normalized spacial score (nSPS) is 19.5. The van der Waals surface area contributed by atoms with Gasteiger partial charge in [0, 0.05) is 12.0 Å². The number of amides is 1. The predicted octanol–water partition coefficient (Wildman–Crippen LogP) is 3.52. The van der Waals surface area contributed by atoms with Gasteiger partial charge in [-0.1, -0.05) is 42.5 Å². The molecule has 0 aromatic heterocycles. The van der Waals surface area contributed by atoms with Crippen molar-refractivity contribution in [2.24, 2.45) is 5.10 Å². The fraction of sp³-hybridized carbons (Fsp3) is 0.300. The average molecular weight is 392 g/mol. The molecule has 1 heterocycles. The number of alkyl halides is 3. The molecule has 1 N–H and O–H groups in total. The summed E-state index contributed by atoms with van der Waals surface area (Å²) in [6.45, 7) is 0. The van der Waals surface area contributed by atoms with Gasteiger partial charge in [-0.15, -0.1) is 0 Å². The molecule has 0 bridgehead atoms. The van der Waals surface area contributed by atoms with Crippen molar-refractivity contribution in [3.63, 3.8) is 0 Å². The number of hydrogen-bond acceptors (Lipinski definition) is 4. The van der Waals surface area contributed by atoms with E-state index in [1.807, 2.05) is 0 Å². The number of ether oxygens (including phenoxy) is 1. The lowest BCUT2D eigenvalue weighted by Gasteiger charge is -2.32. The van der Waals surface area contributed by atoms with E-state index >= 15 is 0 Å². The summed E-state index contributed by atoms with van der Waals surface area (Å²) < 4.78 is 45.9. The molecule has 0 saturated heterocycles. The largest absolute Gasteiger partial charge is 0.497 e. The maximum atomic E-state index is 13.6. The third-order valence-electron chi connectivity index (χ3n) is 4.55. The second-order valence-corrected chi connectivity index (χ2v) is 6.46. The lowest BCUT2D eigenvalue weighted by atomic mass is 10.0. The van der Waals surface area contributed by atoms with E-state index in [1.165, 1.54) is 13.2 Å². The molecule has 148 valence electrons. The first-order valence-electron chi connectivity index (χ1n) is 8.62. The number of halogens is 3. The molecule has 1 aliphatic heterocycles. The minimum atomic E-state index is -5.06. The molecule has 2 aromatic rings. The summed E-state index contributed by atoms with van der Waals surface area (Å²) in [5, 5.41) is 14.4. The summed E-state index contributed by atoms with van der Waals surface area (Å²) in [6, 6.07) is 15.2. The summed E-state index contributed by atoms with van der Waals surface area (Å²) in [7, 11) is 1.43. The average Bonchev–Trinajstić information content (AvgIpc) is 3.06. The van der Waals surface area contributed by atoms with Crippen LogP contribution in [0.2, 0.25) is 0 Å². The lowest BCUT2D eigenvalue weighted by molar-refractivity contribution is -0.302. The lowest BCUT2D eigenvalue weighted by Crippen LogP contribution is -2.56. The van der Waals surface area contributed by atoms with Gasteiger partial charge in [-0.25, -0.2) is 0 Å². The highest BCUT2D eigenvalue weighted by Gasteiger charge is 2.63. The van der Waals surface area contributed by atoms with E-state index in [-0.39, 0.29) is 23.6 Å². The zero-order chi connectivity index (χ0) is 20.4. The zero-order valence-electron chi connectivity index (χ0n) is 15.1. The smallest absolute Gasteiger partial charge is 0.438 e. The number of aliphatic hydroxyl groups is 1. The van der Waals surface area contributed by atoms with Crippen molar-refractivity contribution in [1.82, 2.24) is 5.01 Å². The van der Waals surface area contributed by atoms with Gasteiger partial charge in [0.15, 0.2) is 0 Å². The highest BCUT2D eigenvalue weighted by Crippen LogP contribution is 2.41. The molecule has 5 nitrogen and oxygen atoms in total. The van der Waals surface area contributed by atoms with Crippen LogP contribution in [0.4, 0.5) is 13.2 Å². The van der Waals surface area contributed by atoms with Crippen LogP contribution >= 0.6 is 0 Å². The Hall–Kier alpha value is -2.87. The first-order valence-corrected chi connectivity index (χ1v) is 8.62. The quantitative estimate of drug-likeness (QED) is 0.847. The van der Waals surface area contributed by atoms with Crippen LogP contribution in [0.1, 0.15) is 24.0 Å². The number of methoxy groups -OCH3 is 1. The number of carbonyl (C=O) groups is 1. The molecule has 3 rings (SSSR count). The van der Waals surface area contributed by atoms with Crippen molar-refractivity contribution in [2.75, 3.05) is 7.11 Å². The highest BCUT2D eigenvalue weighted by molar-refractivity contribution is 6.03. The van der Waals surface area contributed by atoms with Gasteiger partial charge in [-0.2, -0.15) is 23.3 Å². The Balaban J connectivity index is 1.87. The number of hydrazone groups is 1. The molecule has 0 spiro atoms. The first kappa shape index (κ1) is 19.9. The molecule has 8 heteroatoms. The van der Waals surface area contributed by atoms with Crippen LogP contribution in [0.15, 0.2) is 59.7 Å². The summed E-state index contributed by atoms with van der Waals surface area (Å²) in [4.78, 5) is 12.5. The van der Waals surface area contributed by atoms with E-state index in [4.69, 9.17) is 4.74 Å². The molecule has 1 atom stereocenters. The van der Waals surface area contributed by atoms with Crippen molar-refractivity contribution in [2.45, 2.75) is 31.2 Å². The number of hydrogen-bond donors (Lipinski definition) is 1. The van der Waals surface area contributed by atoms with Crippen molar-refractivity contribution in [3.05, 3.63) is 65.7 Å². The topological polar surface area (TPSA) is 62.1 Å². The van der Waals surface area contributed by atoms with Gasteiger partial charge in [0.2, 0.25) is 5.91 Å². The molecule has 28 heavy (non-hydrogen) atoms. The van der Waals surface area contributed by atoms with Gasteiger partial charge < -0.3 is 9.84 Å². The minimum absolute atomic E-state index is 0.0354. The van der Waals surface area contributed by atoms with Crippen LogP contribution in [-0.2, 0) is 11.2 Å². The van der Waals surface area contributed by atoms with Crippen LogP contribution in [0.5, 0.6) is 5.75 Å². The summed E-state index contributed by atoms with van der Waals surface area (Å²) in [6.07, 6.45) is -5.87. The zero-order valence-corrected chi connectivity index (χ0v) is 15.1. The van der Waals surface area contributed by atoms with Gasteiger partial charge in [-0.3, -0.25) is 4.79 Å². The molecule has 0 fully saturated rings. The summed E-state index contributed by atoms with van der Waals surface area (Å²) in [5.41, 5.74) is -2.26. The Morgan fingerprint density at radius 1 is 1.21 bits per heavy atom. The Kier molecular flexibility index (Phi) is 5.42. The Labute approximate surface area is 160 Å². The van der Waals surface area contributed by atoms with Crippen molar-refractivity contribution >= 4 is 11.6 Å². The summed E-state index contributed by atoms with van der Waals surface area (Å²) in [5.74, 6) is -0.467. The van der Waals surface area contributed by atoms with E-state index in [2.05, 4.69) is 5.10 Å². The Morgan fingerprint density at radius 3 is 2.57 bits per heavy atom. The van der Waals surface area contributed by atoms with Gasteiger partial charge in [0.25, 0.3) is 5.72 Å². The Morgan fingerprint density at radius 2 is 1.93 bits per heavy atom. The molecule has 0 aliphatic carbocycles. The van der Waals surface area contributed by atoms with Crippen LogP contribution in [0, 0.1) is 0 Å². The standard InChI is InChI=1S/C20H19F3N2O3/c1-28-16-9-5-8-15(12-16)17-13-19(27,20(21,22)23)25(24-17)18(26)11-10-14-6-3-2-4-7-14/h2-9,12,27H,10-11,13H2,1H3/t19-/m1/s1. The third kappa shape index (κ3) is 3.87. The van der Waals surface area contributed by atoms with Crippen LogP contribution < -0.4 is 4.74 Å². The SMILES string of the molecule is COc1cccc(C2=NN(C(=O)CCc3ccccc3)[C@](O)(C(F)(F)F)C2)c1. The molecule has 0 saturated carbocycles. The van der Waals surface area contributed by atoms with Crippen LogP contribution in [0.25, 0.3) is 0 Å². The van der Waals surface area contributed by atoms with Crippen LogP contribution in [-0.4, -0.2) is 40.7 Å². The van der Waals surface area contributed by atoms with E-state index in [1.54, 1.807) is 48.5 Å². The second-order valence-electron chi connectivity index (χ2n) is 6.46. The molecule has 0 radical (unpaired) electrons. The molecule has 1 aliphatic rings. The van der Waals surface area contributed by atoms with Crippen molar-refractivity contribution in [3.8, 4) is 5.75 Å². The van der Waals surface area contributed by atoms with Gasteiger partial charge in [0.05, 0.1) is 19.2 Å². The van der Waals surface area contributed by atoms with Crippen LogP contribution in [0.3, 0.4) is 0 Å². The number of carbonyl (C=O) groups excluding carboxylic acids is 1. The Bertz CT molecular complexity index is 884. The van der Waals surface area contributed by atoms with Gasteiger partial charge in [-0.05, 0) is 24.1 Å². The molecular formula is C20H19F3N2O3. The number of rotatable bonds is 5. The number of benzene rings is 2. The van der Waals surface area contributed by atoms with Crippen molar-refractivity contribution in [1.29, 1.82) is 0 Å². The first-order chi connectivity index (χ1) is 13.2. The third-order valence-corrected chi connectivity index (χ3v) is 4.55. The van der Waals surface area contributed by atoms with E-state index in [9.17, 15) is 23.1 Å². The van der Waals surface area contributed by atoms with E-state index in [0.717, 1.165) is 5.56 Å². The van der Waals surface area contributed by atoms with E-state index in [0.29, 0.717) is 11.3 Å². The predicted molar refractivity (Wildman–Crippen MR) is 96.8 cm³/mol. The molecule has 0 unspecified atom stereocenters. The number of nitrogens with zero attached hydrogens (tertiary/aromatic N) is 2. The van der Waals surface area contributed by atoms with Gasteiger partial charge >= 0.3 is 6.18 Å². The number of aryl methyl sites for hydroxylation is 1. The second kappa shape index (κ2) is 7.63. The fourth-order valence-corrected chi connectivity index (χ4v) is 2.99. The van der Waals surface area contributed by atoms with Gasteiger partial charge in [0.1, 0.15) is 5.75 Å². The fourth-order valence-electron chi connectivity index (χ4n) is 2.99. The monoisotopic (exact) mass is 392 g/mol. The van der Waals surface area contributed by atoms with E-state index < -0.39 is 24.2 Å². The summed E-state index contributed by atoms with van der Waals surface area (Å²) >= 11 is 0.